The fourth-order valence-electron chi connectivity index (χ4n) is 2.55. The van der Waals surface area contributed by atoms with E-state index in [1.54, 1.807) is 25.1 Å². The Hall–Kier alpha value is -2.77. The van der Waals surface area contributed by atoms with Gasteiger partial charge in [-0.1, -0.05) is 29.3 Å². The summed E-state index contributed by atoms with van der Waals surface area (Å²) in [5.41, 5.74) is 1.90. The number of halogens is 3. The summed E-state index contributed by atoms with van der Waals surface area (Å²) < 4.78 is 25.6. The number of benzene rings is 2. The minimum absolute atomic E-state index is 0.0585. The smallest absolute Gasteiger partial charge is 0.488 e. The van der Waals surface area contributed by atoms with Gasteiger partial charge >= 0.3 is 6.16 Å². The topological polar surface area (TPSA) is 73.6 Å². The zero-order valence-electron chi connectivity index (χ0n) is 14.7. The van der Waals surface area contributed by atoms with E-state index >= 15 is 0 Å². The molecule has 0 amide bonds. The van der Waals surface area contributed by atoms with Crippen molar-refractivity contribution in [2.24, 2.45) is 0 Å². The highest BCUT2D eigenvalue weighted by molar-refractivity contribution is 6.35. The molecule has 0 radical (unpaired) electrons. The number of carboxylic acid groups (broad SMARTS) is 1. The van der Waals surface area contributed by atoms with E-state index in [1.807, 2.05) is 0 Å². The fraction of sp³-hybridized carbons (Fsp3) is 0.158. The molecule has 1 aromatic heterocycles. The van der Waals surface area contributed by atoms with Crippen molar-refractivity contribution in [2.75, 3.05) is 0 Å². The molecule has 0 spiro atoms. The molecule has 0 aliphatic heterocycles. The molecule has 2 aromatic carbocycles. The average Bonchev–Trinajstić information content (AvgIpc) is 2.94. The maximum Gasteiger partial charge on any atom is 0.512 e. The summed E-state index contributed by atoms with van der Waals surface area (Å²) >= 11 is 12.0. The minimum atomic E-state index is -1.46. The highest BCUT2D eigenvalue weighted by atomic mass is 35.5. The van der Waals surface area contributed by atoms with Gasteiger partial charge in [-0.2, -0.15) is 0 Å². The van der Waals surface area contributed by atoms with Crippen LogP contribution in [-0.2, 0) is 13.2 Å². The van der Waals surface area contributed by atoms with Crippen LogP contribution in [0.15, 0.2) is 42.5 Å². The van der Waals surface area contributed by atoms with E-state index in [4.69, 9.17) is 33.0 Å². The second-order valence-corrected chi connectivity index (χ2v) is 6.77. The van der Waals surface area contributed by atoms with Crippen molar-refractivity contribution >= 4 is 29.4 Å². The molecule has 0 bridgehead atoms. The molecular weight excluding hydrogens is 410 g/mol. The van der Waals surface area contributed by atoms with Crippen LogP contribution in [0.5, 0.6) is 11.6 Å². The highest BCUT2D eigenvalue weighted by Crippen LogP contribution is 2.26. The van der Waals surface area contributed by atoms with E-state index in [0.29, 0.717) is 27.1 Å². The molecule has 0 saturated carbocycles. The Balaban J connectivity index is 1.81. The summed E-state index contributed by atoms with van der Waals surface area (Å²) in [4.78, 5) is 10.7. The lowest BCUT2D eigenvalue weighted by Crippen LogP contribution is -2.08. The molecule has 9 heteroatoms. The summed E-state index contributed by atoms with van der Waals surface area (Å²) in [5, 5.41) is 13.7. The second kappa shape index (κ2) is 8.50. The van der Waals surface area contributed by atoms with E-state index in [2.05, 4.69) is 9.84 Å². The first-order valence-corrected chi connectivity index (χ1v) is 8.88. The van der Waals surface area contributed by atoms with Crippen LogP contribution in [0, 0.1) is 12.7 Å². The standard InChI is InChI=1S/C19H15Cl2FN2O4/c1-11-6-18(28-19(25)26)23-24(11)9-13-7-15(22)4-5-17(13)27-10-12-2-3-14(20)8-16(12)21/h2-8H,9-10H2,1H3,(H,25,26). The van der Waals surface area contributed by atoms with E-state index in [9.17, 15) is 9.18 Å². The van der Waals surface area contributed by atoms with Crippen molar-refractivity contribution in [3.63, 3.8) is 0 Å². The Labute approximate surface area is 170 Å². The summed E-state index contributed by atoms with van der Waals surface area (Å²) in [7, 11) is 0. The predicted octanol–water partition coefficient (Wildman–Crippen LogP) is 5.32. The van der Waals surface area contributed by atoms with Gasteiger partial charge in [-0.15, -0.1) is 5.10 Å². The largest absolute Gasteiger partial charge is 0.512 e. The molecule has 6 nitrogen and oxygen atoms in total. The Morgan fingerprint density at radius 3 is 2.68 bits per heavy atom. The molecule has 146 valence electrons. The zero-order valence-corrected chi connectivity index (χ0v) is 16.2. The predicted molar refractivity (Wildman–Crippen MR) is 102 cm³/mol. The molecule has 28 heavy (non-hydrogen) atoms. The number of ether oxygens (including phenoxy) is 2. The van der Waals surface area contributed by atoms with Gasteiger partial charge in [0.15, 0.2) is 0 Å². The van der Waals surface area contributed by atoms with E-state index in [0.717, 1.165) is 5.56 Å². The lowest BCUT2D eigenvalue weighted by atomic mass is 10.2. The highest BCUT2D eigenvalue weighted by Gasteiger charge is 2.13. The Morgan fingerprint density at radius 1 is 1.18 bits per heavy atom. The normalized spacial score (nSPS) is 10.7. The molecule has 3 aromatic rings. The molecule has 3 rings (SSSR count). The van der Waals surface area contributed by atoms with E-state index < -0.39 is 12.0 Å². The SMILES string of the molecule is Cc1cc(OC(=O)O)nn1Cc1cc(F)ccc1OCc1ccc(Cl)cc1Cl. The third-order valence-corrected chi connectivity index (χ3v) is 4.48. The van der Waals surface area contributed by atoms with Crippen LogP contribution in [0.4, 0.5) is 9.18 Å². The van der Waals surface area contributed by atoms with Crippen LogP contribution in [0.2, 0.25) is 10.0 Å². The van der Waals surface area contributed by atoms with Gasteiger partial charge in [0.05, 0.1) is 6.54 Å². The first-order valence-electron chi connectivity index (χ1n) is 8.12. The number of hydrogen-bond donors (Lipinski definition) is 1. The van der Waals surface area contributed by atoms with Gasteiger partial charge < -0.3 is 14.6 Å². The first kappa shape index (κ1) is 20.0. The van der Waals surface area contributed by atoms with Gasteiger partial charge in [0.2, 0.25) is 5.88 Å². The summed E-state index contributed by atoms with van der Waals surface area (Å²) in [5.74, 6) is -0.0430. The Morgan fingerprint density at radius 2 is 1.96 bits per heavy atom. The number of aryl methyl sites for hydroxylation is 1. The van der Waals surface area contributed by atoms with Crippen LogP contribution < -0.4 is 9.47 Å². The first-order chi connectivity index (χ1) is 13.3. The number of nitrogens with zero attached hydrogens (tertiary/aromatic N) is 2. The molecule has 0 fully saturated rings. The summed E-state index contributed by atoms with van der Waals surface area (Å²) in [6.45, 7) is 2.06. The Bertz CT molecular complexity index is 1020. The molecule has 0 atom stereocenters. The maximum atomic E-state index is 13.8. The summed E-state index contributed by atoms with van der Waals surface area (Å²) in [6.07, 6.45) is -1.46. The lowest BCUT2D eigenvalue weighted by Gasteiger charge is -2.13. The van der Waals surface area contributed by atoms with Crippen LogP contribution in [0.25, 0.3) is 0 Å². The van der Waals surface area contributed by atoms with Crippen molar-refractivity contribution in [1.29, 1.82) is 0 Å². The molecule has 0 saturated heterocycles. The number of rotatable bonds is 6. The molecule has 1 heterocycles. The van der Waals surface area contributed by atoms with E-state index in [-0.39, 0.29) is 19.0 Å². The van der Waals surface area contributed by atoms with E-state index in [1.165, 1.54) is 28.9 Å². The molecular formula is C19H15Cl2FN2O4. The van der Waals surface area contributed by atoms with Crippen LogP contribution in [0.1, 0.15) is 16.8 Å². The molecule has 0 unspecified atom stereocenters. The van der Waals surface area contributed by atoms with Crippen molar-refractivity contribution in [2.45, 2.75) is 20.1 Å². The fourth-order valence-corrected chi connectivity index (χ4v) is 3.01. The van der Waals surface area contributed by atoms with Crippen LogP contribution in [0.3, 0.4) is 0 Å². The van der Waals surface area contributed by atoms with Crippen LogP contribution >= 0.6 is 23.2 Å². The van der Waals surface area contributed by atoms with Crippen LogP contribution in [-0.4, -0.2) is 21.0 Å². The van der Waals surface area contributed by atoms with Gasteiger partial charge in [0.25, 0.3) is 0 Å². The quantitative estimate of drug-likeness (QED) is 0.541. The molecule has 1 N–H and O–H groups in total. The number of aromatic nitrogens is 2. The van der Waals surface area contributed by atoms with Crippen molar-refractivity contribution in [3.05, 3.63) is 75.1 Å². The lowest BCUT2D eigenvalue weighted by molar-refractivity contribution is 0.142. The monoisotopic (exact) mass is 424 g/mol. The van der Waals surface area contributed by atoms with Crippen molar-refractivity contribution in [3.8, 4) is 11.6 Å². The third kappa shape index (κ3) is 4.94. The second-order valence-electron chi connectivity index (χ2n) is 5.93. The van der Waals surface area contributed by atoms with Crippen molar-refractivity contribution < 1.29 is 23.8 Å². The van der Waals surface area contributed by atoms with Gasteiger partial charge in [-0.25, -0.2) is 9.18 Å². The maximum absolute atomic E-state index is 13.8. The number of carbonyl (C=O) groups is 1. The van der Waals surface area contributed by atoms with Gasteiger partial charge in [0.1, 0.15) is 18.2 Å². The molecule has 0 aliphatic rings. The zero-order chi connectivity index (χ0) is 20.3. The summed E-state index contributed by atoms with van der Waals surface area (Å²) in [6, 6.07) is 10.7. The number of hydrogen-bond acceptors (Lipinski definition) is 4. The average molecular weight is 425 g/mol. The third-order valence-electron chi connectivity index (χ3n) is 3.89. The minimum Gasteiger partial charge on any atom is -0.488 e. The van der Waals surface area contributed by atoms with Gasteiger partial charge in [-0.3, -0.25) is 4.68 Å². The van der Waals surface area contributed by atoms with Crippen molar-refractivity contribution in [1.82, 2.24) is 9.78 Å². The molecule has 0 aliphatic carbocycles. The Kier molecular flexibility index (Phi) is 6.06. The van der Waals surface area contributed by atoms with Gasteiger partial charge in [-0.05, 0) is 37.3 Å². The van der Waals surface area contributed by atoms with Gasteiger partial charge in [0, 0.05) is 32.9 Å².